The highest BCUT2D eigenvalue weighted by molar-refractivity contribution is 7.89. The van der Waals surface area contributed by atoms with Crippen molar-refractivity contribution in [2.75, 3.05) is 6.54 Å². The van der Waals surface area contributed by atoms with Gasteiger partial charge in [-0.15, -0.1) is 0 Å². The molecule has 7 nitrogen and oxygen atoms in total. The Labute approximate surface area is 258 Å². The zero-order chi connectivity index (χ0) is 31.2. The van der Waals surface area contributed by atoms with Crippen LogP contribution in [0, 0.1) is 25.6 Å². The van der Waals surface area contributed by atoms with E-state index in [2.05, 4.69) is 0 Å². The van der Waals surface area contributed by atoms with Crippen LogP contribution in [-0.4, -0.2) is 43.8 Å². The third-order valence-corrected chi connectivity index (χ3v) is 12.6. The molecule has 0 unspecified atom stereocenters. The van der Waals surface area contributed by atoms with Crippen molar-refractivity contribution in [1.29, 1.82) is 0 Å². The summed E-state index contributed by atoms with van der Waals surface area (Å²) >= 11 is 0. The van der Waals surface area contributed by atoms with Gasteiger partial charge < -0.3 is 0 Å². The number of rotatable bonds is 6. The van der Waals surface area contributed by atoms with Crippen LogP contribution in [0.3, 0.4) is 0 Å². The van der Waals surface area contributed by atoms with E-state index >= 15 is 4.39 Å². The third kappa shape index (κ3) is 5.40. The monoisotopic (exact) mass is 632 g/mol. The van der Waals surface area contributed by atoms with E-state index in [4.69, 9.17) is 0 Å². The molecule has 4 aromatic rings. The first-order valence-corrected chi connectivity index (χ1v) is 17.4. The maximum absolute atomic E-state index is 15.3. The van der Waals surface area contributed by atoms with E-state index in [1.807, 2.05) is 19.9 Å². The molecule has 2 saturated heterocycles. The number of aryl methyl sites for hydroxylation is 2. The Morgan fingerprint density at radius 2 is 1.23 bits per heavy atom. The largest absolute Gasteiger partial charge is 0.299 e. The van der Waals surface area contributed by atoms with Crippen LogP contribution in [0.15, 0.2) is 113 Å². The number of halogens is 1. The van der Waals surface area contributed by atoms with Gasteiger partial charge in [-0.25, -0.2) is 21.2 Å². The van der Waals surface area contributed by atoms with Gasteiger partial charge in [0.25, 0.3) is 0 Å². The number of carbonyl (C=O) groups excluding carboxylic acids is 1. The molecular formula is C34H33FN2O5S2. The Morgan fingerprint density at radius 3 is 1.82 bits per heavy atom. The summed E-state index contributed by atoms with van der Waals surface area (Å²) in [4.78, 5) is 14.0. The van der Waals surface area contributed by atoms with Crippen molar-refractivity contribution >= 4 is 25.8 Å². The zero-order valence-electron chi connectivity index (χ0n) is 24.4. The predicted octanol–water partition coefficient (Wildman–Crippen LogP) is 5.97. The molecular weight excluding hydrogens is 600 g/mol. The van der Waals surface area contributed by atoms with E-state index in [0.29, 0.717) is 5.56 Å². The van der Waals surface area contributed by atoms with Gasteiger partial charge in [0, 0.05) is 30.5 Å². The van der Waals surface area contributed by atoms with E-state index in [1.165, 1.54) is 38.9 Å². The van der Waals surface area contributed by atoms with E-state index in [9.17, 15) is 21.6 Å². The molecule has 228 valence electrons. The minimum Gasteiger partial charge on any atom is -0.299 e. The lowest BCUT2D eigenvalue weighted by Gasteiger charge is -2.51. The molecule has 0 saturated carbocycles. The minimum atomic E-state index is -4.26. The number of piperidine rings is 2. The first-order chi connectivity index (χ1) is 21.0. The Hall–Kier alpha value is -3.70. The topological polar surface area (TPSA) is 91.8 Å². The van der Waals surface area contributed by atoms with Crippen LogP contribution in [0.5, 0.6) is 0 Å². The molecule has 0 aromatic heterocycles. The van der Waals surface area contributed by atoms with Gasteiger partial charge >= 0.3 is 0 Å². The fraction of sp³-hybridized carbons (Fsp3) is 0.265. The third-order valence-electron chi connectivity index (χ3n) is 8.77. The molecule has 6 rings (SSSR count). The summed E-state index contributed by atoms with van der Waals surface area (Å²) in [6, 6.07) is 25.1. The quantitative estimate of drug-likeness (QED) is 0.261. The molecule has 2 heterocycles. The summed E-state index contributed by atoms with van der Waals surface area (Å²) in [5.41, 5.74) is 2.57. The van der Waals surface area contributed by atoms with Gasteiger partial charge in [-0.3, -0.25) is 4.79 Å². The summed E-state index contributed by atoms with van der Waals surface area (Å²) in [5, 5.41) is 0. The fourth-order valence-corrected chi connectivity index (χ4v) is 9.96. The lowest BCUT2D eigenvalue weighted by atomic mass is 9.77. The van der Waals surface area contributed by atoms with Gasteiger partial charge in [0.1, 0.15) is 11.6 Å². The first kappa shape index (κ1) is 30.3. The maximum atomic E-state index is 15.3. The summed E-state index contributed by atoms with van der Waals surface area (Å²) in [5.74, 6) is -1.85. The number of Topliss-reactive ketones (excluding diaryl/α,β-unsaturated/α-hetero) is 1. The van der Waals surface area contributed by atoms with Gasteiger partial charge in [-0.05, 0) is 56.2 Å². The van der Waals surface area contributed by atoms with Gasteiger partial charge in [-0.2, -0.15) is 8.61 Å². The van der Waals surface area contributed by atoms with E-state index in [1.54, 1.807) is 66.7 Å². The predicted molar refractivity (Wildman–Crippen MR) is 165 cm³/mol. The molecule has 0 spiro atoms. The lowest BCUT2D eigenvalue weighted by molar-refractivity contribution is -0.132. The van der Waals surface area contributed by atoms with Crippen molar-refractivity contribution in [2.45, 2.75) is 54.6 Å². The van der Waals surface area contributed by atoms with Gasteiger partial charge in [0.05, 0.1) is 21.9 Å². The van der Waals surface area contributed by atoms with E-state index < -0.39 is 49.9 Å². The number of benzene rings is 4. The average Bonchev–Trinajstić information content (AvgIpc) is 3.01. The van der Waals surface area contributed by atoms with Gasteiger partial charge in [-0.1, -0.05) is 83.9 Å². The lowest BCUT2D eigenvalue weighted by Crippen LogP contribution is -2.61. The maximum Gasteiger partial charge on any atom is 0.243 e. The van der Waals surface area contributed by atoms with Crippen LogP contribution < -0.4 is 0 Å². The number of carbonyl (C=O) groups is 1. The molecule has 2 fully saturated rings. The standard InChI is InChI=1S/C34H33FN2O5S2/c1-23-12-16-26(17-13-23)43(39,40)36-22-29-32(20-31(36)25-8-4-3-5-9-25)37(44(41,42)27-18-14-24(2)15-19-27)33(21-34(29)38)28-10-6-7-11-30(28)35/h3-19,29,31-33H,20-22H2,1-2H3/t29-,31+,32+,33+/m1/s1. The molecule has 0 bridgehead atoms. The van der Waals surface area contributed by atoms with Crippen molar-refractivity contribution in [3.05, 3.63) is 131 Å². The highest BCUT2D eigenvalue weighted by atomic mass is 32.2. The summed E-state index contributed by atoms with van der Waals surface area (Å²) in [6.45, 7) is 3.51. The summed E-state index contributed by atoms with van der Waals surface area (Å²) in [6.07, 6.45) is -0.261. The molecule has 10 heteroatoms. The smallest absolute Gasteiger partial charge is 0.243 e. The van der Waals surface area contributed by atoms with Gasteiger partial charge in [0.15, 0.2) is 0 Å². The van der Waals surface area contributed by atoms with E-state index in [-0.39, 0.29) is 40.5 Å². The van der Waals surface area contributed by atoms with Crippen molar-refractivity contribution in [2.24, 2.45) is 5.92 Å². The highest BCUT2D eigenvalue weighted by Gasteiger charge is 2.54. The average molecular weight is 633 g/mol. The Bertz CT molecular complexity index is 1900. The molecule has 0 radical (unpaired) electrons. The Balaban J connectivity index is 1.51. The van der Waals surface area contributed by atoms with Crippen molar-refractivity contribution < 1.29 is 26.0 Å². The molecule has 0 amide bonds. The molecule has 0 aliphatic carbocycles. The van der Waals surface area contributed by atoms with Crippen LogP contribution >= 0.6 is 0 Å². The second-order valence-corrected chi connectivity index (χ2v) is 15.3. The summed E-state index contributed by atoms with van der Waals surface area (Å²) in [7, 11) is -8.33. The van der Waals surface area contributed by atoms with Crippen LogP contribution in [0.2, 0.25) is 0 Å². The zero-order valence-corrected chi connectivity index (χ0v) is 26.0. The van der Waals surface area contributed by atoms with Crippen molar-refractivity contribution in [3.8, 4) is 0 Å². The molecule has 2 aliphatic heterocycles. The summed E-state index contributed by atoms with van der Waals surface area (Å²) < 4.78 is 75.2. The fourth-order valence-electron chi connectivity index (χ4n) is 6.47. The van der Waals surface area contributed by atoms with Crippen molar-refractivity contribution in [3.63, 3.8) is 0 Å². The molecule has 2 aliphatic rings. The Kier molecular flexibility index (Phi) is 8.04. The van der Waals surface area contributed by atoms with Crippen LogP contribution in [0.4, 0.5) is 4.39 Å². The molecule has 4 aromatic carbocycles. The van der Waals surface area contributed by atoms with E-state index in [0.717, 1.165) is 11.1 Å². The van der Waals surface area contributed by atoms with Crippen LogP contribution in [0.1, 0.15) is 47.2 Å². The van der Waals surface area contributed by atoms with Crippen LogP contribution in [0.25, 0.3) is 0 Å². The van der Waals surface area contributed by atoms with Crippen molar-refractivity contribution in [1.82, 2.24) is 8.61 Å². The second-order valence-electron chi connectivity index (χ2n) is 11.6. The second kappa shape index (κ2) is 11.7. The number of nitrogens with zero attached hydrogens (tertiary/aromatic N) is 2. The number of fused-ring (bicyclic) bond motifs is 1. The number of sulfonamides is 2. The minimum absolute atomic E-state index is 0.0154. The normalized spacial score (nSPS) is 23.3. The molecule has 44 heavy (non-hydrogen) atoms. The molecule has 4 atom stereocenters. The highest BCUT2D eigenvalue weighted by Crippen LogP contribution is 2.48. The molecule has 0 N–H and O–H groups in total. The number of ketones is 1. The number of hydrogen-bond donors (Lipinski definition) is 0. The Morgan fingerprint density at radius 1 is 0.682 bits per heavy atom. The number of hydrogen-bond acceptors (Lipinski definition) is 5. The van der Waals surface area contributed by atoms with Gasteiger partial charge in [0.2, 0.25) is 20.0 Å². The van der Waals surface area contributed by atoms with Crippen LogP contribution in [-0.2, 0) is 24.8 Å². The first-order valence-electron chi connectivity index (χ1n) is 14.5. The SMILES string of the molecule is Cc1ccc(S(=O)(=O)N2C[C@H]3C(=O)C[C@@H](c4ccccc4F)N(S(=O)(=O)c4ccc(C)cc4)[C@H]3C[C@H]2c2ccccc2)cc1.